The summed E-state index contributed by atoms with van der Waals surface area (Å²) < 4.78 is 14.6. The molecule has 0 spiro atoms. The second kappa shape index (κ2) is 7.41. The van der Waals surface area contributed by atoms with Crippen LogP contribution in [0.4, 0.5) is 5.95 Å². The molecule has 4 aromatic rings. The topological polar surface area (TPSA) is 125 Å². The summed E-state index contributed by atoms with van der Waals surface area (Å²) in [6, 6.07) is 7.37. The minimum absolute atomic E-state index is 0.148. The molecule has 0 aliphatic carbocycles. The van der Waals surface area contributed by atoms with E-state index in [0.717, 1.165) is 34.5 Å². The van der Waals surface area contributed by atoms with Crippen LogP contribution in [0.3, 0.4) is 0 Å². The molecule has 0 unspecified atom stereocenters. The van der Waals surface area contributed by atoms with Crippen molar-refractivity contribution in [3.05, 3.63) is 46.5 Å². The van der Waals surface area contributed by atoms with E-state index in [1.807, 2.05) is 24.4 Å². The summed E-state index contributed by atoms with van der Waals surface area (Å²) in [5.41, 5.74) is 7.96. The lowest BCUT2D eigenvalue weighted by Crippen LogP contribution is -2.15. The summed E-state index contributed by atoms with van der Waals surface area (Å²) in [5, 5.41) is 3.49. The minimum Gasteiger partial charge on any atom is -0.486 e. The van der Waals surface area contributed by atoms with Gasteiger partial charge in [0.2, 0.25) is 5.95 Å². The molecular weight excluding hydrogens is 406 g/mol. The van der Waals surface area contributed by atoms with E-state index >= 15 is 0 Å². The zero-order valence-electron chi connectivity index (χ0n) is 16.2. The summed E-state index contributed by atoms with van der Waals surface area (Å²) in [5.74, 6) is 2.39. The predicted octanol–water partition coefficient (Wildman–Crippen LogP) is 1.95. The fourth-order valence-corrected chi connectivity index (χ4v) is 4.30. The highest BCUT2D eigenvalue weighted by molar-refractivity contribution is 7.98. The number of nitrogen functional groups attached to an aromatic ring is 1. The van der Waals surface area contributed by atoms with Crippen molar-refractivity contribution in [3.8, 4) is 22.8 Å². The lowest BCUT2D eigenvalue weighted by atomic mass is 10.1. The van der Waals surface area contributed by atoms with Gasteiger partial charge in [0.15, 0.2) is 16.7 Å². The summed E-state index contributed by atoms with van der Waals surface area (Å²) >= 11 is 1.51. The summed E-state index contributed by atoms with van der Waals surface area (Å²) in [6.45, 7) is 3.92. The Hall–Kier alpha value is -3.47. The number of aromatic nitrogens is 6. The monoisotopic (exact) mass is 425 g/mol. The van der Waals surface area contributed by atoms with Gasteiger partial charge in [0, 0.05) is 23.9 Å². The number of aromatic amines is 1. The van der Waals surface area contributed by atoms with Crippen molar-refractivity contribution < 1.29 is 9.47 Å². The van der Waals surface area contributed by atoms with E-state index in [0.29, 0.717) is 24.7 Å². The molecule has 3 aromatic heterocycles. The van der Waals surface area contributed by atoms with E-state index in [1.54, 1.807) is 0 Å². The first-order valence-electron chi connectivity index (χ1n) is 9.45. The van der Waals surface area contributed by atoms with Gasteiger partial charge < -0.3 is 19.8 Å². The smallest absolute Gasteiger partial charge is 0.274 e. The number of anilines is 1. The van der Waals surface area contributed by atoms with Gasteiger partial charge in [-0.25, -0.2) is 9.97 Å². The van der Waals surface area contributed by atoms with Crippen LogP contribution in [0.25, 0.3) is 17.0 Å². The lowest BCUT2D eigenvalue weighted by molar-refractivity contribution is 0.171. The maximum Gasteiger partial charge on any atom is 0.274 e. The van der Waals surface area contributed by atoms with Crippen molar-refractivity contribution in [1.82, 2.24) is 29.1 Å². The van der Waals surface area contributed by atoms with Crippen LogP contribution in [0.1, 0.15) is 12.6 Å². The van der Waals surface area contributed by atoms with Gasteiger partial charge in [-0.05, 0) is 25.1 Å². The Morgan fingerprint density at radius 2 is 2.03 bits per heavy atom. The Kier molecular flexibility index (Phi) is 4.58. The molecule has 1 aliphatic heterocycles. The van der Waals surface area contributed by atoms with Crippen molar-refractivity contribution >= 4 is 23.5 Å². The molecule has 0 saturated carbocycles. The van der Waals surface area contributed by atoms with Gasteiger partial charge in [0.1, 0.15) is 13.2 Å². The number of fused-ring (bicyclic) bond motifs is 2. The standard InChI is InChI=1S/C19H19N7O3S/c1-2-25-13(11-3-4-14-15(7-11)29-6-5-28-14)9-21-19(25)30-10-12-8-16(27)26-18(22-12)23-17(20)24-26/h3-4,7-9H,2,5-6,10H2,1H3,(H3,20,22,23,24). The molecule has 1 aliphatic rings. The molecule has 0 radical (unpaired) electrons. The minimum atomic E-state index is -0.254. The number of ether oxygens (including phenoxy) is 2. The molecular formula is C19H19N7O3S. The number of hydrogen-bond acceptors (Lipinski definition) is 8. The molecule has 0 atom stereocenters. The van der Waals surface area contributed by atoms with Gasteiger partial charge in [0.25, 0.3) is 11.3 Å². The molecule has 0 fully saturated rings. The van der Waals surface area contributed by atoms with Crippen molar-refractivity contribution in [1.29, 1.82) is 0 Å². The first-order chi connectivity index (χ1) is 14.6. The lowest BCUT2D eigenvalue weighted by Gasteiger charge is -2.19. The van der Waals surface area contributed by atoms with Crippen molar-refractivity contribution in [2.75, 3.05) is 18.9 Å². The Labute approximate surface area is 175 Å². The Bertz CT molecular complexity index is 1290. The number of nitrogens with two attached hydrogens (primary N) is 1. The zero-order chi connectivity index (χ0) is 20.7. The SMILES string of the molecule is CCn1c(-c2ccc3c(c2)OCCO3)cnc1SCc1cc(=O)n2[nH]c(N)nc2n1. The van der Waals surface area contributed by atoms with Crippen LogP contribution in [-0.4, -0.2) is 42.3 Å². The van der Waals surface area contributed by atoms with E-state index in [9.17, 15) is 4.79 Å². The predicted molar refractivity (Wildman–Crippen MR) is 112 cm³/mol. The maximum absolute atomic E-state index is 12.2. The number of nitrogens with one attached hydrogen (secondary N) is 1. The molecule has 0 bridgehead atoms. The number of rotatable bonds is 5. The van der Waals surface area contributed by atoms with E-state index in [-0.39, 0.29) is 17.3 Å². The largest absolute Gasteiger partial charge is 0.486 e. The molecule has 5 rings (SSSR count). The highest BCUT2D eigenvalue weighted by Crippen LogP contribution is 2.35. The van der Waals surface area contributed by atoms with E-state index < -0.39 is 0 Å². The summed E-state index contributed by atoms with van der Waals surface area (Å²) in [6.07, 6.45) is 1.84. The first-order valence-corrected chi connectivity index (χ1v) is 10.4. The quantitative estimate of drug-likeness (QED) is 0.465. The average molecular weight is 425 g/mol. The van der Waals surface area contributed by atoms with E-state index in [2.05, 4.69) is 31.5 Å². The van der Waals surface area contributed by atoms with Crippen LogP contribution in [0.2, 0.25) is 0 Å². The van der Waals surface area contributed by atoms with Crippen LogP contribution in [0.5, 0.6) is 11.5 Å². The first kappa shape index (κ1) is 18.6. The maximum atomic E-state index is 12.2. The van der Waals surface area contributed by atoms with Gasteiger partial charge in [-0.1, -0.05) is 11.8 Å². The molecule has 11 heteroatoms. The number of benzene rings is 1. The molecule has 30 heavy (non-hydrogen) atoms. The van der Waals surface area contributed by atoms with Crippen molar-refractivity contribution in [3.63, 3.8) is 0 Å². The highest BCUT2D eigenvalue weighted by Gasteiger charge is 2.17. The Balaban J connectivity index is 1.41. The zero-order valence-corrected chi connectivity index (χ0v) is 17.0. The third-order valence-electron chi connectivity index (χ3n) is 4.72. The number of imidazole rings is 1. The molecule has 0 amide bonds. The van der Waals surface area contributed by atoms with Crippen LogP contribution in [0.15, 0.2) is 40.4 Å². The second-order valence-corrected chi connectivity index (χ2v) is 7.59. The average Bonchev–Trinajstić information content (AvgIpc) is 3.34. The normalized spacial score (nSPS) is 13.1. The van der Waals surface area contributed by atoms with E-state index in [4.69, 9.17) is 15.2 Å². The van der Waals surface area contributed by atoms with Gasteiger partial charge in [-0.15, -0.1) is 0 Å². The summed E-state index contributed by atoms with van der Waals surface area (Å²) in [4.78, 5) is 25.2. The number of nitrogens with zero attached hydrogens (tertiary/aromatic N) is 5. The Morgan fingerprint density at radius 1 is 1.20 bits per heavy atom. The fraction of sp³-hybridized carbons (Fsp3) is 0.263. The molecule has 3 N–H and O–H groups in total. The van der Waals surface area contributed by atoms with Gasteiger partial charge in [0.05, 0.1) is 17.6 Å². The Morgan fingerprint density at radius 3 is 2.87 bits per heavy atom. The van der Waals surface area contributed by atoms with Crippen molar-refractivity contribution in [2.45, 2.75) is 24.4 Å². The van der Waals surface area contributed by atoms with Gasteiger partial charge in [-0.3, -0.25) is 9.89 Å². The van der Waals surface area contributed by atoms with Crippen LogP contribution >= 0.6 is 11.8 Å². The second-order valence-electron chi connectivity index (χ2n) is 6.65. The molecule has 154 valence electrons. The number of H-pyrrole nitrogens is 1. The van der Waals surface area contributed by atoms with Crippen LogP contribution in [0, 0.1) is 0 Å². The van der Waals surface area contributed by atoms with Gasteiger partial charge >= 0.3 is 0 Å². The van der Waals surface area contributed by atoms with E-state index in [1.165, 1.54) is 22.3 Å². The number of hydrogen-bond donors (Lipinski definition) is 2. The van der Waals surface area contributed by atoms with Crippen LogP contribution < -0.4 is 20.8 Å². The van der Waals surface area contributed by atoms with Crippen LogP contribution in [-0.2, 0) is 12.3 Å². The highest BCUT2D eigenvalue weighted by atomic mass is 32.2. The third kappa shape index (κ3) is 3.26. The van der Waals surface area contributed by atoms with Gasteiger partial charge in [-0.2, -0.15) is 9.50 Å². The molecule has 1 aromatic carbocycles. The summed E-state index contributed by atoms with van der Waals surface area (Å²) in [7, 11) is 0. The third-order valence-corrected chi connectivity index (χ3v) is 5.75. The molecule has 4 heterocycles. The number of thioether (sulfide) groups is 1. The molecule has 0 saturated heterocycles. The van der Waals surface area contributed by atoms with Crippen molar-refractivity contribution in [2.24, 2.45) is 0 Å². The molecule has 10 nitrogen and oxygen atoms in total. The fourth-order valence-electron chi connectivity index (χ4n) is 3.37.